The van der Waals surface area contributed by atoms with Crippen LogP contribution in [0.2, 0.25) is 0 Å². The van der Waals surface area contributed by atoms with Crippen molar-refractivity contribution in [3.05, 3.63) is 96.5 Å². The second-order valence-electron chi connectivity index (χ2n) is 7.47. The maximum atomic E-state index is 9.82. The van der Waals surface area contributed by atoms with Gasteiger partial charge in [0.25, 0.3) is 0 Å². The van der Waals surface area contributed by atoms with Gasteiger partial charge in [-0.25, -0.2) is 0 Å². The first-order chi connectivity index (χ1) is 14.8. The molecule has 160 valence electrons. The van der Waals surface area contributed by atoms with Gasteiger partial charge >= 0.3 is 0 Å². The lowest BCUT2D eigenvalue weighted by Gasteiger charge is -2.22. The zero-order valence-corrected chi connectivity index (χ0v) is 16.8. The van der Waals surface area contributed by atoms with Gasteiger partial charge in [-0.3, -0.25) is 0 Å². The Morgan fingerprint density at radius 2 is 0.968 bits per heavy atom. The molecule has 6 N–H and O–H groups in total. The molecule has 2 atom stereocenters. The van der Waals surface area contributed by atoms with Crippen LogP contribution in [0, 0.1) is 0 Å². The first-order valence-electron chi connectivity index (χ1n) is 9.83. The average Bonchev–Trinajstić information content (AvgIpc) is 2.74. The molecule has 2 unspecified atom stereocenters. The molecule has 0 spiro atoms. The van der Waals surface area contributed by atoms with Gasteiger partial charge < -0.3 is 35.9 Å². The van der Waals surface area contributed by atoms with E-state index in [1.165, 1.54) is 12.2 Å². The molecule has 7 nitrogen and oxygen atoms in total. The summed E-state index contributed by atoms with van der Waals surface area (Å²) in [4.78, 5) is 0. The number of benzene rings is 2. The van der Waals surface area contributed by atoms with Crippen molar-refractivity contribution in [1.29, 1.82) is 0 Å². The third-order valence-corrected chi connectivity index (χ3v) is 4.71. The molecule has 2 aliphatic rings. The third kappa shape index (κ3) is 5.42. The van der Waals surface area contributed by atoms with Crippen LogP contribution in [-0.2, 0) is 0 Å². The van der Waals surface area contributed by atoms with E-state index in [2.05, 4.69) is 0 Å². The van der Waals surface area contributed by atoms with Crippen molar-refractivity contribution >= 4 is 0 Å². The Morgan fingerprint density at radius 3 is 1.29 bits per heavy atom. The van der Waals surface area contributed by atoms with Gasteiger partial charge in [0, 0.05) is 12.8 Å². The molecular weight excluding hydrogens is 396 g/mol. The highest BCUT2D eigenvalue weighted by Gasteiger charge is 2.21. The third-order valence-electron chi connectivity index (χ3n) is 4.71. The Kier molecular flexibility index (Phi) is 5.67. The van der Waals surface area contributed by atoms with Gasteiger partial charge in [-0.15, -0.1) is 0 Å². The van der Waals surface area contributed by atoms with Crippen molar-refractivity contribution in [2.75, 3.05) is 0 Å². The van der Waals surface area contributed by atoms with Gasteiger partial charge in [-0.2, -0.15) is 0 Å². The van der Waals surface area contributed by atoms with Gasteiger partial charge in [0.1, 0.15) is 23.0 Å². The van der Waals surface area contributed by atoms with Crippen LogP contribution in [0.4, 0.5) is 0 Å². The second kappa shape index (κ2) is 8.41. The Bertz CT molecular complexity index is 997. The summed E-state index contributed by atoms with van der Waals surface area (Å²) in [6, 6.07) is 14.5. The highest BCUT2D eigenvalue weighted by atomic mass is 16.5. The summed E-state index contributed by atoms with van der Waals surface area (Å²) in [5.41, 5.74) is 8.63. The lowest BCUT2D eigenvalue weighted by molar-refractivity contribution is 0.0980. The lowest BCUT2D eigenvalue weighted by atomic mass is 10.1. The van der Waals surface area contributed by atoms with Crippen LogP contribution in [0.25, 0.3) is 0 Å². The molecule has 2 aliphatic carbocycles. The molecule has 0 fully saturated rings. The van der Waals surface area contributed by atoms with Gasteiger partial charge in [0.15, 0.2) is 23.0 Å². The Morgan fingerprint density at radius 1 is 0.613 bits per heavy atom. The number of hydrogen-bond donors (Lipinski definition) is 4. The summed E-state index contributed by atoms with van der Waals surface area (Å²) in [5.74, 6) is 3.10. The fraction of sp³-hybridized carbons (Fsp3) is 0.167. The maximum absolute atomic E-state index is 9.82. The molecule has 31 heavy (non-hydrogen) atoms. The van der Waals surface area contributed by atoms with E-state index in [4.69, 9.17) is 25.7 Å². The van der Waals surface area contributed by atoms with Crippen LogP contribution in [0.3, 0.4) is 0 Å². The van der Waals surface area contributed by atoms with Crippen LogP contribution in [0.1, 0.15) is 12.8 Å². The maximum Gasteiger partial charge on any atom is 0.170 e. The number of aliphatic hydroxyl groups is 2. The van der Waals surface area contributed by atoms with Crippen LogP contribution < -0.4 is 25.7 Å². The van der Waals surface area contributed by atoms with Gasteiger partial charge in [-0.1, -0.05) is 24.3 Å². The number of rotatable bonds is 6. The molecule has 0 saturated carbocycles. The summed E-state index contributed by atoms with van der Waals surface area (Å²) < 4.78 is 18.0. The Balaban J connectivity index is 1.52. The Labute approximate surface area is 180 Å². The molecule has 2 aromatic carbocycles. The fourth-order valence-electron chi connectivity index (χ4n) is 3.01. The second-order valence-corrected chi connectivity index (χ2v) is 7.47. The topological polar surface area (TPSA) is 120 Å². The molecule has 7 heteroatoms. The van der Waals surface area contributed by atoms with Crippen molar-refractivity contribution in [3.8, 4) is 23.0 Å². The summed E-state index contributed by atoms with van der Waals surface area (Å²) >= 11 is 0. The van der Waals surface area contributed by atoms with Crippen molar-refractivity contribution < 1.29 is 24.4 Å². The van der Waals surface area contributed by atoms with Crippen molar-refractivity contribution in [3.63, 3.8) is 0 Å². The van der Waals surface area contributed by atoms with E-state index in [0.717, 1.165) is 0 Å². The minimum atomic E-state index is -1.36. The summed E-state index contributed by atoms with van der Waals surface area (Å²) in [6.07, 6.45) is 10.2. The molecule has 0 radical (unpaired) electrons. The quantitative estimate of drug-likeness (QED) is 0.530. The van der Waals surface area contributed by atoms with E-state index in [0.29, 0.717) is 34.5 Å². The van der Waals surface area contributed by atoms with Gasteiger partial charge in [0.05, 0.1) is 0 Å². The van der Waals surface area contributed by atoms with E-state index in [-0.39, 0.29) is 12.8 Å². The predicted octanol–water partition coefficient (Wildman–Crippen LogP) is 3.22. The predicted molar refractivity (Wildman–Crippen MR) is 116 cm³/mol. The van der Waals surface area contributed by atoms with E-state index in [1.807, 2.05) is 24.3 Å². The number of allylic oxidation sites excluding steroid dienone is 2. The van der Waals surface area contributed by atoms with E-state index in [9.17, 15) is 10.2 Å². The van der Waals surface area contributed by atoms with E-state index in [1.54, 1.807) is 48.6 Å². The standard InChI is InChI=1S/C24H24N2O5/c25-23(27)13-9-17(10-14-23)29-19-5-1-3-7-21(19)31-22-8-4-2-6-20(22)30-18-11-15-24(26,28)16-12-18/h1-13,15,27-28H,14,16,25-26H2. The molecule has 0 aliphatic heterocycles. The normalized spacial score (nSPS) is 24.9. The van der Waals surface area contributed by atoms with Crippen molar-refractivity contribution in [2.24, 2.45) is 11.5 Å². The number of hydrogen-bond acceptors (Lipinski definition) is 7. The highest BCUT2D eigenvalue weighted by molar-refractivity contribution is 5.49. The molecular formula is C24H24N2O5. The van der Waals surface area contributed by atoms with E-state index < -0.39 is 11.4 Å². The minimum absolute atomic E-state index is 0.249. The highest BCUT2D eigenvalue weighted by Crippen LogP contribution is 2.38. The smallest absolute Gasteiger partial charge is 0.170 e. The minimum Gasteiger partial charge on any atom is -0.454 e. The molecule has 0 heterocycles. The van der Waals surface area contributed by atoms with Crippen LogP contribution >= 0.6 is 0 Å². The van der Waals surface area contributed by atoms with Crippen molar-refractivity contribution in [1.82, 2.24) is 0 Å². The first kappa shape index (κ1) is 20.9. The van der Waals surface area contributed by atoms with Crippen LogP contribution in [0.15, 0.2) is 96.5 Å². The molecule has 2 aromatic rings. The zero-order chi connectivity index (χ0) is 21.9. The number of para-hydroxylation sites is 4. The van der Waals surface area contributed by atoms with Gasteiger partial charge in [-0.05, 0) is 60.7 Å². The molecule has 0 aromatic heterocycles. The van der Waals surface area contributed by atoms with E-state index >= 15 is 0 Å². The Hall–Kier alpha value is -3.36. The number of nitrogens with two attached hydrogens (primary N) is 2. The zero-order valence-electron chi connectivity index (χ0n) is 16.8. The monoisotopic (exact) mass is 420 g/mol. The average molecular weight is 420 g/mol. The molecule has 0 bridgehead atoms. The van der Waals surface area contributed by atoms with Gasteiger partial charge in [0.2, 0.25) is 0 Å². The molecule has 0 saturated heterocycles. The molecule has 0 amide bonds. The summed E-state index contributed by atoms with van der Waals surface area (Å²) in [5, 5.41) is 19.6. The fourth-order valence-corrected chi connectivity index (χ4v) is 3.01. The first-order valence-corrected chi connectivity index (χ1v) is 9.83. The molecule has 4 rings (SSSR count). The largest absolute Gasteiger partial charge is 0.454 e. The van der Waals surface area contributed by atoms with Crippen molar-refractivity contribution in [2.45, 2.75) is 24.3 Å². The number of ether oxygens (including phenoxy) is 3. The SMILES string of the molecule is NC1(O)C=CC(Oc2ccccc2Oc2ccccc2OC2=CCC(N)(O)C=C2)=CC1. The van der Waals surface area contributed by atoms with Crippen LogP contribution in [-0.4, -0.2) is 21.7 Å². The van der Waals surface area contributed by atoms with Crippen LogP contribution in [0.5, 0.6) is 23.0 Å². The summed E-state index contributed by atoms with van der Waals surface area (Å²) in [7, 11) is 0. The lowest BCUT2D eigenvalue weighted by Crippen LogP contribution is -2.37. The summed E-state index contributed by atoms with van der Waals surface area (Å²) in [6.45, 7) is 0.